The fourth-order valence-corrected chi connectivity index (χ4v) is 4.48. The number of rotatable bonds is 9. The Hall–Kier alpha value is -2.28. The van der Waals surface area contributed by atoms with Crippen LogP contribution in [0.3, 0.4) is 0 Å². The molecule has 0 unspecified atom stereocenters. The number of carbonyl (C=O) groups excluding carboxylic acids is 1. The highest BCUT2D eigenvalue weighted by Crippen LogP contribution is 2.24. The SMILES string of the molecule is C=CCn1c(Cc2ccc(OC)cc2)nnc1SCC(=O)N[C@@H]1CCCC[C@H]1C. The van der Waals surface area contributed by atoms with Crippen molar-refractivity contribution in [3.05, 3.63) is 48.3 Å². The molecule has 1 amide bonds. The van der Waals surface area contributed by atoms with Gasteiger partial charge in [0.2, 0.25) is 5.91 Å². The van der Waals surface area contributed by atoms with E-state index in [2.05, 4.69) is 29.0 Å². The normalized spacial score (nSPS) is 19.0. The summed E-state index contributed by atoms with van der Waals surface area (Å²) < 4.78 is 7.24. The Bertz CT molecular complexity index is 819. The topological polar surface area (TPSA) is 69.0 Å². The number of methoxy groups -OCH3 is 1. The van der Waals surface area contributed by atoms with E-state index in [4.69, 9.17) is 4.74 Å². The molecule has 3 rings (SSSR count). The summed E-state index contributed by atoms with van der Waals surface area (Å²) in [6.45, 7) is 6.69. The van der Waals surface area contributed by atoms with Crippen molar-refractivity contribution in [2.45, 2.75) is 56.8 Å². The van der Waals surface area contributed by atoms with Gasteiger partial charge in [0.1, 0.15) is 11.6 Å². The Morgan fingerprint density at radius 1 is 1.31 bits per heavy atom. The standard InChI is InChI=1S/C22H30N4O2S/c1-4-13-26-20(14-17-9-11-18(28-3)12-10-17)24-25-22(26)29-15-21(27)23-19-8-6-5-7-16(19)2/h4,9-12,16,19H,1,5-8,13-15H2,2-3H3,(H,23,27)/t16-,19-/m1/s1. The lowest BCUT2D eigenvalue weighted by Gasteiger charge is -2.29. The molecule has 2 aromatic rings. The smallest absolute Gasteiger partial charge is 0.230 e. The van der Waals surface area contributed by atoms with Crippen LogP contribution in [-0.4, -0.2) is 39.6 Å². The van der Waals surface area contributed by atoms with Gasteiger partial charge in [0.15, 0.2) is 5.16 Å². The van der Waals surface area contributed by atoms with Crippen LogP contribution < -0.4 is 10.1 Å². The Balaban J connectivity index is 1.61. The maximum atomic E-state index is 12.4. The number of nitrogens with one attached hydrogen (secondary N) is 1. The minimum Gasteiger partial charge on any atom is -0.497 e. The maximum Gasteiger partial charge on any atom is 0.230 e. The summed E-state index contributed by atoms with van der Waals surface area (Å²) in [4.78, 5) is 12.4. The summed E-state index contributed by atoms with van der Waals surface area (Å²) in [5.74, 6) is 2.66. The summed E-state index contributed by atoms with van der Waals surface area (Å²) >= 11 is 1.43. The van der Waals surface area contributed by atoms with E-state index in [1.165, 1.54) is 31.0 Å². The van der Waals surface area contributed by atoms with Crippen molar-refractivity contribution in [1.29, 1.82) is 0 Å². The Labute approximate surface area is 177 Å². The monoisotopic (exact) mass is 414 g/mol. The molecule has 1 heterocycles. The maximum absolute atomic E-state index is 12.4. The number of hydrogen-bond acceptors (Lipinski definition) is 5. The molecule has 7 heteroatoms. The van der Waals surface area contributed by atoms with Gasteiger partial charge in [0.05, 0.1) is 12.9 Å². The Kier molecular flexibility index (Phi) is 7.75. The molecular formula is C22H30N4O2S. The van der Waals surface area contributed by atoms with E-state index in [0.29, 0.717) is 30.7 Å². The summed E-state index contributed by atoms with van der Waals surface area (Å²) in [7, 11) is 1.66. The lowest BCUT2D eigenvalue weighted by Crippen LogP contribution is -2.41. The molecule has 156 valence electrons. The van der Waals surface area contributed by atoms with E-state index in [-0.39, 0.29) is 5.91 Å². The number of thioether (sulfide) groups is 1. The van der Waals surface area contributed by atoms with Crippen molar-refractivity contribution in [2.24, 2.45) is 5.92 Å². The number of hydrogen-bond donors (Lipinski definition) is 1. The number of carbonyl (C=O) groups is 1. The number of amides is 1. The summed E-state index contributed by atoms with van der Waals surface area (Å²) in [5, 5.41) is 12.6. The van der Waals surface area contributed by atoms with E-state index in [9.17, 15) is 4.79 Å². The highest BCUT2D eigenvalue weighted by molar-refractivity contribution is 7.99. The van der Waals surface area contributed by atoms with Gasteiger partial charge >= 0.3 is 0 Å². The Morgan fingerprint density at radius 2 is 2.07 bits per heavy atom. The van der Waals surface area contributed by atoms with Crippen LogP contribution in [0.4, 0.5) is 0 Å². The van der Waals surface area contributed by atoms with Crippen LogP contribution in [0.5, 0.6) is 5.75 Å². The molecule has 1 saturated carbocycles. The third kappa shape index (κ3) is 5.85. The molecule has 2 atom stereocenters. The average molecular weight is 415 g/mol. The zero-order valence-electron chi connectivity index (χ0n) is 17.3. The number of ether oxygens (including phenoxy) is 1. The van der Waals surface area contributed by atoms with Crippen molar-refractivity contribution in [3.63, 3.8) is 0 Å². The van der Waals surface area contributed by atoms with Crippen LogP contribution >= 0.6 is 11.8 Å². The van der Waals surface area contributed by atoms with E-state index >= 15 is 0 Å². The fraction of sp³-hybridized carbons (Fsp3) is 0.500. The molecule has 1 aliphatic rings. The molecule has 1 N–H and O–H groups in total. The molecule has 1 fully saturated rings. The van der Waals surface area contributed by atoms with Crippen LogP contribution in [0.15, 0.2) is 42.1 Å². The third-order valence-corrected chi connectivity index (χ3v) is 6.38. The third-order valence-electron chi connectivity index (χ3n) is 5.42. The van der Waals surface area contributed by atoms with Gasteiger partial charge in [0, 0.05) is 19.0 Å². The van der Waals surface area contributed by atoms with Crippen LogP contribution in [0.2, 0.25) is 0 Å². The Morgan fingerprint density at radius 3 is 2.76 bits per heavy atom. The van der Waals surface area contributed by atoms with Gasteiger partial charge in [-0.2, -0.15) is 0 Å². The molecule has 0 bridgehead atoms. The lowest BCUT2D eigenvalue weighted by atomic mass is 9.86. The highest BCUT2D eigenvalue weighted by atomic mass is 32.2. The molecule has 0 aliphatic heterocycles. The van der Waals surface area contributed by atoms with Gasteiger partial charge in [-0.3, -0.25) is 4.79 Å². The number of nitrogens with zero attached hydrogens (tertiary/aromatic N) is 3. The summed E-state index contributed by atoms with van der Waals surface area (Å²) in [5.41, 5.74) is 1.13. The second kappa shape index (κ2) is 10.5. The first-order valence-electron chi connectivity index (χ1n) is 10.2. The summed E-state index contributed by atoms with van der Waals surface area (Å²) in [6.07, 6.45) is 7.23. The van der Waals surface area contributed by atoms with Crippen molar-refractivity contribution >= 4 is 17.7 Å². The van der Waals surface area contributed by atoms with Gasteiger partial charge in [-0.15, -0.1) is 16.8 Å². The zero-order valence-corrected chi connectivity index (χ0v) is 18.1. The highest BCUT2D eigenvalue weighted by Gasteiger charge is 2.23. The van der Waals surface area contributed by atoms with E-state index < -0.39 is 0 Å². The predicted molar refractivity (Wildman–Crippen MR) is 116 cm³/mol. The van der Waals surface area contributed by atoms with E-state index in [1.54, 1.807) is 7.11 Å². The second-order valence-corrected chi connectivity index (χ2v) is 8.49. The first-order valence-corrected chi connectivity index (χ1v) is 11.2. The zero-order chi connectivity index (χ0) is 20.6. The fourth-order valence-electron chi connectivity index (χ4n) is 3.70. The van der Waals surface area contributed by atoms with Crippen molar-refractivity contribution < 1.29 is 9.53 Å². The second-order valence-electron chi connectivity index (χ2n) is 7.55. The van der Waals surface area contributed by atoms with Crippen LogP contribution in [0.25, 0.3) is 0 Å². The molecule has 0 spiro atoms. The van der Waals surface area contributed by atoms with Gasteiger partial charge < -0.3 is 14.6 Å². The molecule has 1 aromatic heterocycles. The average Bonchev–Trinajstić information content (AvgIpc) is 3.10. The molecule has 1 aliphatic carbocycles. The minimum atomic E-state index is 0.0682. The van der Waals surface area contributed by atoms with E-state index in [0.717, 1.165) is 28.7 Å². The lowest BCUT2D eigenvalue weighted by molar-refractivity contribution is -0.119. The largest absolute Gasteiger partial charge is 0.497 e. The predicted octanol–water partition coefficient (Wildman–Crippen LogP) is 3.85. The first-order chi connectivity index (χ1) is 14.1. The van der Waals surface area contributed by atoms with Gasteiger partial charge in [-0.25, -0.2) is 0 Å². The van der Waals surface area contributed by atoms with Crippen molar-refractivity contribution in [1.82, 2.24) is 20.1 Å². The van der Waals surface area contributed by atoms with E-state index in [1.807, 2.05) is 34.9 Å². The van der Waals surface area contributed by atoms with Gasteiger partial charge in [-0.05, 0) is 36.5 Å². The van der Waals surface area contributed by atoms with Crippen molar-refractivity contribution in [2.75, 3.05) is 12.9 Å². The van der Waals surface area contributed by atoms with Gasteiger partial charge in [-0.1, -0.05) is 49.7 Å². The molecule has 1 aromatic carbocycles. The molecular weight excluding hydrogens is 384 g/mol. The van der Waals surface area contributed by atoms with Crippen LogP contribution in [0, 0.1) is 5.92 Å². The number of benzene rings is 1. The number of aromatic nitrogens is 3. The van der Waals surface area contributed by atoms with Crippen molar-refractivity contribution in [3.8, 4) is 5.75 Å². The molecule has 0 radical (unpaired) electrons. The quantitative estimate of drug-likeness (QED) is 0.499. The molecule has 0 saturated heterocycles. The minimum absolute atomic E-state index is 0.0682. The molecule has 29 heavy (non-hydrogen) atoms. The molecule has 6 nitrogen and oxygen atoms in total. The van der Waals surface area contributed by atoms with Crippen LogP contribution in [-0.2, 0) is 17.8 Å². The van der Waals surface area contributed by atoms with Gasteiger partial charge in [0.25, 0.3) is 0 Å². The van der Waals surface area contributed by atoms with Crippen LogP contribution in [0.1, 0.15) is 44.0 Å². The first kappa shape index (κ1) is 21.4. The summed E-state index contributed by atoms with van der Waals surface area (Å²) in [6, 6.07) is 8.23. The number of allylic oxidation sites excluding steroid dienone is 1.